The minimum Gasteiger partial charge on any atom is -0.480 e. The number of carboxylic acid groups (broad SMARTS) is 1. The molecule has 19 heavy (non-hydrogen) atoms. The van der Waals surface area contributed by atoms with Crippen molar-refractivity contribution in [1.29, 1.82) is 0 Å². The molecule has 0 aromatic heterocycles. The highest BCUT2D eigenvalue weighted by atomic mass is 19.1. The van der Waals surface area contributed by atoms with Crippen molar-refractivity contribution in [3.8, 4) is 0 Å². The first-order valence-electron chi connectivity index (χ1n) is 6.20. The Hall–Kier alpha value is -1.91. The number of nitrogens with one attached hydrogen (secondary N) is 1. The van der Waals surface area contributed by atoms with Crippen molar-refractivity contribution < 1.29 is 19.1 Å². The summed E-state index contributed by atoms with van der Waals surface area (Å²) in [7, 11) is 0. The zero-order valence-electron chi connectivity index (χ0n) is 10.6. The van der Waals surface area contributed by atoms with Gasteiger partial charge in [-0.25, -0.2) is 4.39 Å². The van der Waals surface area contributed by atoms with E-state index in [1.54, 1.807) is 6.07 Å². The number of hydrogen-bond acceptors (Lipinski definition) is 2. The number of amides is 1. The fourth-order valence-electron chi connectivity index (χ4n) is 1.88. The average molecular weight is 265 g/mol. The Bertz CT molecular complexity index is 513. The maximum atomic E-state index is 13.1. The predicted molar refractivity (Wildman–Crippen MR) is 67.0 cm³/mol. The van der Waals surface area contributed by atoms with E-state index in [0.29, 0.717) is 5.56 Å². The molecule has 1 atom stereocenters. The second-order valence-electron chi connectivity index (χ2n) is 5.19. The molecular weight excluding hydrogens is 249 g/mol. The van der Waals surface area contributed by atoms with Gasteiger partial charge < -0.3 is 10.4 Å². The molecule has 0 bridgehead atoms. The van der Waals surface area contributed by atoms with Gasteiger partial charge in [0.25, 0.3) is 0 Å². The van der Waals surface area contributed by atoms with Crippen molar-refractivity contribution in [2.75, 3.05) is 0 Å². The number of hydrogen-bond donors (Lipinski definition) is 2. The number of halogens is 1. The number of rotatable bonds is 5. The van der Waals surface area contributed by atoms with Crippen LogP contribution in [0.25, 0.3) is 0 Å². The number of carbonyl (C=O) groups is 2. The average Bonchev–Trinajstić information content (AvgIpc) is 3.12. The second kappa shape index (κ2) is 4.99. The number of aliphatic carboxylic acids is 1. The van der Waals surface area contributed by atoms with Crippen molar-refractivity contribution >= 4 is 11.9 Å². The van der Waals surface area contributed by atoms with Crippen molar-refractivity contribution in [1.82, 2.24) is 5.32 Å². The van der Waals surface area contributed by atoms with Crippen molar-refractivity contribution in [3.63, 3.8) is 0 Å². The standard InChI is InChI=1S/C14H16FNO3/c1-14(13(18)19,12(17)16-11-5-6-11)8-9-3-2-4-10(15)7-9/h2-4,7,11H,5-6,8H2,1H3,(H,16,17)(H,18,19). The highest BCUT2D eigenvalue weighted by Gasteiger charge is 2.43. The quantitative estimate of drug-likeness (QED) is 0.797. The van der Waals surface area contributed by atoms with E-state index < -0.39 is 23.1 Å². The van der Waals surface area contributed by atoms with Crippen LogP contribution in [0.2, 0.25) is 0 Å². The van der Waals surface area contributed by atoms with E-state index >= 15 is 0 Å². The highest BCUT2D eigenvalue weighted by Crippen LogP contribution is 2.27. The third-order valence-corrected chi connectivity index (χ3v) is 3.33. The topological polar surface area (TPSA) is 66.4 Å². The Morgan fingerprint density at radius 2 is 2.16 bits per heavy atom. The lowest BCUT2D eigenvalue weighted by molar-refractivity contribution is -0.154. The van der Waals surface area contributed by atoms with Gasteiger partial charge in [0.2, 0.25) is 5.91 Å². The van der Waals surface area contributed by atoms with Gasteiger partial charge >= 0.3 is 5.97 Å². The van der Waals surface area contributed by atoms with Gasteiger partial charge in [0.15, 0.2) is 0 Å². The van der Waals surface area contributed by atoms with Crippen LogP contribution in [0, 0.1) is 11.2 Å². The third kappa shape index (κ3) is 3.10. The number of carbonyl (C=O) groups excluding carboxylic acids is 1. The Balaban J connectivity index is 2.18. The molecular formula is C14H16FNO3. The number of carboxylic acids is 1. The van der Waals surface area contributed by atoms with E-state index in [-0.39, 0.29) is 12.5 Å². The van der Waals surface area contributed by atoms with Crippen LogP contribution in [0.1, 0.15) is 25.3 Å². The van der Waals surface area contributed by atoms with Gasteiger partial charge in [-0.05, 0) is 43.9 Å². The molecule has 0 saturated heterocycles. The van der Waals surface area contributed by atoms with Gasteiger partial charge in [-0.15, -0.1) is 0 Å². The molecule has 4 nitrogen and oxygen atoms in total. The molecule has 1 aliphatic carbocycles. The summed E-state index contributed by atoms with van der Waals surface area (Å²) in [4.78, 5) is 23.5. The molecule has 1 aromatic carbocycles. The van der Waals surface area contributed by atoms with E-state index in [1.807, 2.05) is 0 Å². The van der Waals surface area contributed by atoms with Crippen LogP contribution in [0.3, 0.4) is 0 Å². The molecule has 1 aliphatic rings. The fourth-order valence-corrected chi connectivity index (χ4v) is 1.88. The molecule has 1 saturated carbocycles. The van der Waals surface area contributed by atoms with Crippen LogP contribution >= 0.6 is 0 Å². The summed E-state index contributed by atoms with van der Waals surface area (Å²) in [5.74, 6) is -2.14. The maximum Gasteiger partial charge on any atom is 0.319 e. The van der Waals surface area contributed by atoms with Gasteiger partial charge in [-0.2, -0.15) is 0 Å². The summed E-state index contributed by atoms with van der Waals surface area (Å²) in [6.45, 7) is 1.37. The normalized spacial score (nSPS) is 17.6. The molecule has 0 aliphatic heterocycles. The molecule has 102 valence electrons. The molecule has 2 N–H and O–H groups in total. The van der Waals surface area contributed by atoms with E-state index in [9.17, 15) is 19.1 Å². The summed E-state index contributed by atoms with van der Waals surface area (Å²) in [5.41, 5.74) is -1.08. The Labute approximate surface area is 110 Å². The first kappa shape index (κ1) is 13.5. The summed E-state index contributed by atoms with van der Waals surface area (Å²) in [6.07, 6.45) is 1.75. The Morgan fingerprint density at radius 1 is 1.47 bits per heavy atom. The van der Waals surface area contributed by atoms with Crippen LogP contribution in [0.15, 0.2) is 24.3 Å². The lowest BCUT2D eigenvalue weighted by atomic mass is 9.82. The van der Waals surface area contributed by atoms with Crippen LogP contribution in [-0.4, -0.2) is 23.0 Å². The summed E-state index contributed by atoms with van der Waals surface area (Å²) in [5, 5.41) is 12.0. The summed E-state index contributed by atoms with van der Waals surface area (Å²) in [6, 6.07) is 5.76. The molecule has 0 heterocycles. The first-order valence-corrected chi connectivity index (χ1v) is 6.20. The molecule has 0 spiro atoms. The van der Waals surface area contributed by atoms with Crippen LogP contribution < -0.4 is 5.32 Å². The lowest BCUT2D eigenvalue weighted by Crippen LogP contribution is -2.46. The lowest BCUT2D eigenvalue weighted by Gasteiger charge is -2.23. The summed E-state index contributed by atoms with van der Waals surface area (Å²) >= 11 is 0. The van der Waals surface area contributed by atoms with E-state index in [4.69, 9.17) is 0 Å². The minimum atomic E-state index is -1.57. The van der Waals surface area contributed by atoms with Crippen molar-refractivity contribution in [2.45, 2.75) is 32.2 Å². The third-order valence-electron chi connectivity index (χ3n) is 3.33. The maximum absolute atomic E-state index is 13.1. The van der Waals surface area contributed by atoms with Gasteiger partial charge in [-0.3, -0.25) is 9.59 Å². The largest absolute Gasteiger partial charge is 0.480 e. The van der Waals surface area contributed by atoms with Crippen LogP contribution in [0.4, 0.5) is 4.39 Å². The monoisotopic (exact) mass is 265 g/mol. The molecule has 1 fully saturated rings. The second-order valence-corrected chi connectivity index (χ2v) is 5.19. The predicted octanol–water partition coefficient (Wildman–Crippen LogP) is 1.74. The van der Waals surface area contributed by atoms with Gasteiger partial charge in [0.1, 0.15) is 11.2 Å². The van der Waals surface area contributed by atoms with Crippen molar-refractivity contribution in [2.24, 2.45) is 5.41 Å². The minimum absolute atomic E-state index is 0.0291. The van der Waals surface area contributed by atoms with Gasteiger partial charge in [0, 0.05) is 6.04 Å². The molecule has 1 unspecified atom stereocenters. The van der Waals surface area contributed by atoms with E-state index in [1.165, 1.54) is 25.1 Å². The highest BCUT2D eigenvalue weighted by molar-refractivity contribution is 6.02. The molecule has 2 rings (SSSR count). The van der Waals surface area contributed by atoms with Gasteiger partial charge in [0.05, 0.1) is 0 Å². The smallest absolute Gasteiger partial charge is 0.319 e. The Morgan fingerprint density at radius 3 is 2.68 bits per heavy atom. The number of benzene rings is 1. The molecule has 1 amide bonds. The van der Waals surface area contributed by atoms with Crippen LogP contribution in [0.5, 0.6) is 0 Å². The zero-order valence-corrected chi connectivity index (χ0v) is 10.6. The van der Waals surface area contributed by atoms with Crippen molar-refractivity contribution in [3.05, 3.63) is 35.6 Å². The summed E-state index contributed by atoms with van der Waals surface area (Å²) < 4.78 is 13.1. The molecule has 1 aromatic rings. The molecule has 0 radical (unpaired) electrons. The zero-order chi connectivity index (χ0) is 14.0. The van der Waals surface area contributed by atoms with Crippen LogP contribution in [-0.2, 0) is 16.0 Å². The Kier molecular flexibility index (Phi) is 3.55. The SMILES string of the molecule is CC(Cc1cccc(F)c1)(C(=O)O)C(=O)NC1CC1. The first-order chi connectivity index (χ1) is 8.91. The van der Waals surface area contributed by atoms with E-state index in [0.717, 1.165) is 12.8 Å². The van der Waals surface area contributed by atoms with Gasteiger partial charge in [-0.1, -0.05) is 12.1 Å². The van der Waals surface area contributed by atoms with E-state index in [2.05, 4.69) is 5.32 Å². The molecule has 5 heteroatoms. The fraction of sp³-hybridized carbons (Fsp3) is 0.429.